The molecular formula is C10H10P2. The van der Waals surface area contributed by atoms with Crippen LogP contribution in [0.2, 0.25) is 0 Å². The molecule has 0 radical (unpaired) electrons. The first-order valence-electron chi connectivity index (χ1n) is 3.70. The Balaban J connectivity index is 0.000000120. The maximum Gasteiger partial charge on any atom is -0.0347 e. The molecule has 0 aliphatic carbocycles. The molecule has 0 N–H and O–H groups in total. The molecule has 2 heteroatoms. The van der Waals surface area contributed by atoms with Gasteiger partial charge in [0.25, 0.3) is 0 Å². The third kappa shape index (κ3) is 5.02. The van der Waals surface area contributed by atoms with Crippen LogP contribution in [-0.4, -0.2) is 0 Å². The van der Waals surface area contributed by atoms with E-state index >= 15 is 0 Å². The third-order valence-corrected chi connectivity index (χ3v) is 2.51. The lowest BCUT2D eigenvalue weighted by molar-refractivity contribution is 1.89. The highest BCUT2D eigenvalue weighted by Gasteiger charge is 1.59. The molecule has 2 rings (SSSR count). The molecule has 2 aromatic rings. The van der Waals surface area contributed by atoms with Crippen LogP contribution >= 0.6 is 16.4 Å². The molecular weight excluding hydrogens is 182 g/mol. The van der Waals surface area contributed by atoms with Gasteiger partial charge in [-0.05, 0) is 23.2 Å². The van der Waals surface area contributed by atoms with Crippen LogP contribution in [0.1, 0.15) is 0 Å². The number of hydrogen-bond acceptors (Lipinski definition) is 0. The van der Waals surface area contributed by atoms with Crippen LogP contribution in [0.3, 0.4) is 0 Å². The topological polar surface area (TPSA) is 0 Å². The first-order valence-corrected chi connectivity index (χ1v) is 5.77. The average Bonchev–Trinajstić information content (AvgIpc) is 2.24. The lowest BCUT2D eigenvalue weighted by Gasteiger charge is -1.69. The summed E-state index contributed by atoms with van der Waals surface area (Å²) in [7, 11) is 2.61. The van der Waals surface area contributed by atoms with Crippen LogP contribution in [0.4, 0.5) is 0 Å². The molecule has 0 saturated carbocycles. The van der Waals surface area contributed by atoms with Crippen LogP contribution in [0.25, 0.3) is 0 Å². The van der Waals surface area contributed by atoms with E-state index in [0.29, 0.717) is 0 Å². The number of rotatable bonds is 0. The van der Waals surface area contributed by atoms with Gasteiger partial charge in [0, 0.05) is 0 Å². The van der Waals surface area contributed by atoms with E-state index in [1.165, 1.54) is 16.4 Å². The van der Waals surface area contributed by atoms with Crippen LogP contribution in [0.5, 0.6) is 0 Å². The molecule has 12 heavy (non-hydrogen) atoms. The van der Waals surface area contributed by atoms with E-state index in [1.807, 2.05) is 36.4 Å². The fourth-order valence-electron chi connectivity index (χ4n) is 0.625. The Kier molecular flexibility index (Phi) is 5.46. The maximum absolute atomic E-state index is 2.10. The molecule has 2 heterocycles. The lowest BCUT2D eigenvalue weighted by Crippen LogP contribution is -1.39. The third-order valence-electron chi connectivity index (χ3n) is 1.13. The molecule has 0 spiro atoms. The van der Waals surface area contributed by atoms with Crippen molar-refractivity contribution < 1.29 is 0 Å². The molecule has 2 aromatic heterocycles. The van der Waals surface area contributed by atoms with E-state index in [2.05, 4.69) is 23.2 Å². The highest BCUT2D eigenvalue weighted by atomic mass is 31.0. The van der Waals surface area contributed by atoms with Crippen molar-refractivity contribution in [2.45, 2.75) is 0 Å². The highest BCUT2D eigenvalue weighted by molar-refractivity contribution is 7.28. The first-order chi connectivity index (χ1) is 6.00. The van der Waals surface area contributed by atoms with E-state index < -0.39 is 0 Å². The zero-order valence-corrected chi connectivity index (χ0v) is 8.46. The monoisotopic (exact) mass is 192 g/mol. The quantitative estimate of drug-likeness (QED) is 0.575. The normalized spacial score (nSPS) is 8.00. The zero-order valence-electron chi connectivity index (χ0n) is 6.67. The Morgan fingerprint density at radius 1 is 0.417 bits per heavy atom. The first kappa shape index (κ1) is 9.39. The van der Waals surface area contributed by atoms with Crippen LogP contribution < -0.4 is 0 Å². The van der Waals surface area contributed by atoms with Gasteiger partial charge in [0.1, 0.15) is 0 Å². The SMILES string of the molecule is c1ccpcc1.c1ccpcc1. The van der Waals surface area contributed by atoms with Crippen LogP contribution in [-0.2, 0) is 0 Å². The Labute approximate surface area is 76.5 Å². The largest absolute Gasteiger partial charge is 0.0765 e. The minimum atomic E-state index is 1.31. The van der Waals surface area contributed by atoms with E-state index in [0.717, 1.165) is 0 Å². The summed E-state index contributed by atoms with van der Waals surface area (Å²) in [6.07, 6.45) is 0. The van der Waals surface area contributed by atoms with Crippen molar-refractivity contribution in [2.24, 2.45) is 0 Å². The van der Waals surface area contributed by atoms with E-state index in [-0.39, 0.29) is 0 Å². The Morgan fingerprint density at radius 2 is 0.750 bits per heavy atom. The molecule has 0 bridgehead atoms. The molecule has 0 nitrogen and oxygen atoms in total. The standard InChI is InChI=1S/2C5H5P/c2*1-2-4-6-5-3-1/h2*1-5H. The van der Waals surface area contributed by atoms with Crippen molar-refractivity contribution in [3.8, 4) is 0 Å². The number of hydrogen-bond donors (Lipinski definition) is 0. The van der Waals surface area contributed by atoms with Gasteiger partial charge in [0.15, 0.2) is 0 Å². The molecule has 0 atom stereocenters. The predicted molar refractivity (Wildman–Crippen MR) is 57.9 cm³/mol. The summed E-state index contributed by atoms with van der Waals surface area (Å²) < 4.78 is 0. The van der Waals surface area contributed by atoms with Gasteiger partial charge in [-0.25, -0.2) is 0 Å². The van der Waals surface area contributed by atoms with Gasteiger partial charge in [-0.2, -0.15) is 0 Å². The Morgan fingerprint density at radius 3 is 0.833 bits per heavy atom. The van der Waals surface area contributed by atoms with Gasteiger partial charge in [0.2, 0.25) is 0 Å². The van der Waals surface area contributed by atoms with Crippen molar-refractivity contribution in [3.63, 3.8) is 0 Å². The molecule has 0 unspecified atom stereocenters. The van der Waals surface area contributed by atoms with Gasteiger partial charge in [-0.15, -0.1) is 0 Å². The second-order valence-electron chi connectivity index (χ2n) is 2.05. The summed E-state index contributed by atoms with van der Waals surface area (Å²) in [5, 5.41) is 0. The zero-order chi connectivity index (χ0) is 8.49. The highest BCUT2D eigenvalue weighted by Crippen LogP contribution is 1.98. The van der Waals surface area contributed by atoms with Gasteiger partial charge in [-0.1, -0.05) is 52.8 Å². The van der Waals surface area contributed by atoms with Crippen LogP contribution in [0.15, 0.2) is 59.6 Å². The van der Waals surface area contributed by atoms with E-state index in [1.54, 1.807) is 0 Å². The van der Waals surface area contributed by atoms with E-state index in [9.17, 15) is 0 Å². The Bertz CT molecular complexity index is 183. The second kappa shape index (κ2) is 6.98. The molecule has 0 aliphatic heterocycles. The molecule has 0 fully saturated rings. The summed E-state index contributed by atoms with van der Waals surface area (Å²) in [6, 6.07) is 12.2. The molecule has 0 aliphatic rings. The summed E-state index contributed by atoms with van der Waals surface area (Å²) in [5.74, 6) is 8.39. The minimum absolute atomic E-state index is 1.31. The van der Waals surface area contributed by atoms with Crippen molar-refractivity contribution in [1.29, 1.82) is 0 Å². The molecule has 0 saturated heterocycles. The van der Waals surface area contributed by atoms with Crippen molar-refractivity contribution in [1.82, 2.24) is 0 Å². The smallest absolute Gasteiger partial charge is 0.0347 e. The lowest BCUT2D eigenvalue weighted by atomic mass is 10.6. The van der Waals surface area contributed by atoms with Crippen molar-refractivity contribution >= 4 is 16.4 Å². The Hall–Kier alpha value is -0.700. The fraction of sp³-hybridized carbons (Fsp3) is 0. The molecule has 0 aromatic carbocycles. The van der Waals surface area contributed by atoms with Crippen molar-refractivity contribution in [2.75, 3.05) is 0 Å². The minimum Gasteiger partial charge on any atom is -0.0765 e. The van der Waals surface area contributed by atoms with Gasteiger partial charge >= 0.3 is 0 Å². The van der Waals surface area contributed by atoms with Crippen LogP contribution in [0, 0.1) is 0 Å². The second-order valence-corrected chi connectivity index (χ2v) is 3.84. The summed E-state index contributed by atoms with van der Waals surface area (Å²) >= 11 is 0. The van der Waals surface area contributed by atoms with Gasteiger partial charge in [0.05, 0.1) is 0 Å². The van der Waals surface area contributed by atoms with Crippen molar-refractivity contribution in [3.05, 3.63) is 59.6 Å². The maximum atomic E-state index is 2.10. The molecule has 60 valence electrons. The summed E-state index contributed by atoms with van der Waals surface area (Å²) in [4.78, 5) is 0. The molecule has 0 amide bonds. The van der Waals surface area contributed by atoms with Gasteiger partial charge < -0.3 is 0 Å². The average molecular weight is 192 g/mol. The van der Waals surface area contributed by atoms with E-state index in [4.69, 9.17) is 0 Å². The predicted octanol–water partition coefficient (Wildman–Crippen LogP) is 4.53. The summed E-state index contributed by atoms with van der Waals surface area (Å²) in [5.41, 5.74) is 0. The summed E-state index contributed by atoms with van der Waals surface area (Å²) in [6.45, 7) is 0. The van der Waals surface area contributed by atoms with Gasteiger partial charge in [-0.3, -0.25) is 0 Å². The fourth-order valence-corrected chi connectivity index (χ4v) is 1.62.